The molecule has 0 aliphatic carbocycles. The molecular weight excluding hydrogens is 196 g/mol. The lowest BCUT2D eigenvalue weighted by Crippen LogP contribution is -1.90. The van der Waals surface area contributed by atoms with Crippen LogP contribution in [0.15, 0.2) is 18.2 Å². The largest absolute Gasteiger partial charge is 0.504 e. The normalized spacial score (nSPS) is 10.2. The van der Waals surface area contributed by atoms with Crippen molar-refractivity contribution in [2.45, 2.75) is 0 Å². The van der Waals surface area contributed by atoms with Crippen LogP contribution in [-0.4, -0.2) is 24.8 Å². The average molecular weight is 206 g/mol. The zero-order chi connectivity index (χ0) is 11.3. The number of benzene rings is 1. The van der Waals surface area contributed by atoms with Crippen molar-refractivity contribution in [1.82, 2.24) is 0 Å². The van der Waals surface area contributed by atoms with E-state index in [4.69, 9.17) is 4.74 Å². The van der Waals surface area contributed by atoms with Crippen molar-refractivity contribution >= 4 is 18.6 Å². The van der Waals surface area contributed by atoms with E-state index in [1.807, 2.05) is 0 Å². The average Bonchev–Trinajstić information content (AvgIpc) is 2.26. The van der Waals surface area contributed by atoms with Crippen LogP contribution in [-0.2, 0) is 4.79 Å². The van der Waals surface area contributed by atoms with Gasteiger partial charge in [0.2, 0.25) is 0 Å². The predicted molar refractivity (Wildman–Crippen MR) is 55.1 cm³/mol. The number of hydrogen-bond acceptors (Lipinski definition) is 4. The summed E-state index contributed by atoms with van der Waals surface area (Å²) >= 11 is 0. The Bertz CT molecular complexity index is 407. The van der Waals surface area contributed by atoms with Crippen LogP contribution in [0.5, 0.6) is 11.5 Å². The fourth-order valence-corrected chi connectivity index (χ4v) is 1.15. The third kappa shape index (κ3) is 2.43. The third-order valence-corrected chi connectivity index (χ3v) is 1.87. The summed E-state index contributed by atoms with van der Waals surface area (Å²) in [5.41, 5.74) is 0.818. The molecule has 0 atom stereocenters. The predicted octanol–water partition coefficient (Wildman–Crippen LogP) is 1.43. The Morgan fingerprint density at radius 1 is 1.27 bits per heavy atom. The molecule has 0 saturated heterocycles. The lowest BCUT2D eigenvalue weighted by atomic mass is 10.1. The molecule has 0 amide bonds. The van der Waals surface area contributed by atoms with Crippen LogP contribution < -0.4 is 4.74 Å². The lowest BCUT2D eigenvalue weighted by molar-refractivity contribution is -0.104. The highest BCUT2D eigenvalue weighted by Gasteiger charge is 2.06. The third-order valence-electron chi connectivity index (χ3n) is 1.87. The van der Waals surface area contributed by atoms with Gasteiger partial charge in [0.05, 0.1) is 7.11 Å². The Kier molecular flexibility index (Phi) is 3.62. The fraction of sp³-hybridized carbons (Fsp3) is 0.0909. The van der Waals surface area contributed by atoms with Crippen molar-refractivity contribution in [3.8, 4) is 11.5 Å². The van der Waals surface area contributed by atoms with Crippen LogP contribution in [0, 0.1) is 0 Å². The maximum atomic E-state index is 10.7. The molecule has 78 valence electrons. The lowest BCUT2D eigenvalue weighted by Gasteiger charge is -2.06. The van der Waals surface area contributed by atoms with E-state index in [9.17, 15) is 14.7 Å². The van der Waals surface area contributed by atoms with Crippen LogP contribution in [0.4, 0.5) is 0 Å². The van der Waals surface area contributed by atoms with Crippen LogP contribution in [0.25, 0.3) is 6.08 Å². The Balaban J connectivity index is 3.27. The molecule has 0 fully saturated rings. The summed E-state index contributed by atoms with van der Waals surface area (Å²) in [6.45, 7) is 0. The first-order valence-electron chi connectivity index (χ1n) is 4.21. The van der Waals surface area contributed by atoms with Crippen LogP contribution in [0.2, 0.25) is 0 Å². The molecular formula is C11H10O4. The highest BCUT2D eigenvalue weighted by molar-refractivity contribution is 5.86. The van der Waals surface area contributed by atoms with Gasteiger partial charge in [0.15, 0.2) is 17.8 Å². The highest BCUT2D eigenvalue weighted by Crippen LogP contribution is 2.29. The second-order valence-electron chi connectivity index (χ2n) is 2.77. The van der Waals surface area contributed by atoms with Gasteiger partial charge in [0, 0.05) is 5.56 Å². The van der Waals surface area contributed by atoms with E-state index in [1.54, 1.807) is 0 Å². The zero-order valence-electron chi connectivity index (χ0n) is 8.14. The van der Waals surface area contributed by atoms with Crippen molar-refractivity contribution in [1.29, 1.82) is 0 Å². The molecule has 0 unspecified atom stereocenters. The first kappa shape index (κ1) is 11.0. The van der Waals surface area contributed by atoms with Crippen molar-refractivity contribution in [3.63, 3.8) is 0 Å². The summed E-state index contributed by atoms with van der Waals surface area (Å²) in [5, 5.41) is 9.39. The number of carbonyl (C=O) groups excluding carboxylic acids is 2. The molecule has 0 aromatic heterocycles. The van der Waals surface area contributed by atoms with Gasteiger partial charge in [0.25, 0.3) is 0 Å². The van der Waals surface area contributed by atoms with Gasteiger partial charge in [-0.15, -0.1) is 0 Å². The van der Waals surface area contributed by atoms with E-state index in [2.05, 4.69) is 0 Å². The van der Waals surface area contributed by atoms with Gasteiger partial charge in [-0.2, -0.15) is 0 Å². The van der Waals surface area contributed by atoms with E-state index in [-0.39, 0.29) is 11.5 Å². The Morgan fingerprint density at radius 3 is 2.53 bits per heavy atom. The van der Waals surface area contributed by atoms with Crippen LogP contribution in [0.3, 0.4) is 0 Å². The van der Waals surface area contributed by atoms with E-state index in [0.29, 0.717) is 23.7 Å². The summed E-state index contributed by atoms with van der Waals surface area (Å²) < 4.78 is 4.88. The number of carbonyl (C=O) groups is 2. The van der Waals surface area contributed by atoms with Gasteiger partial charge in [-0.05, 0) is 23.8 Å². The standard InChI is InChI=1S/C11H10O4/c1-15-11-6-8(3-2-4-12)9(7-13)5-10(11)14/h2-7,14H,1H3/b3-2+. The molecule has 15 heavy (non-hydrogen) atoms. The molecule has 0 bridgehead atoms. The minimum atomic E-state index is -0.108. The minimum Gasteiger partial charge on any atom is -0.504 e. The van der Waals surface area contributed by atoms with Crippen molar-refractivity contribution in [2.24, 2.45) is 0 Å². The van der Waals surface area contributed by atoms with E-state index in [1.165, 1.54) is 31.4 Å². The number of hydrogen-bond donors (Lipinski definition) is 1. The van der Waals surface area contributed by atoms with Gasteiger partial charge in [-0.3, -0.25) is 9.59 Å². The molecule has 0 aliphatic rings. The first-order chi connectivity index (χ1) is 7.22. The SMILES string of the molecule is COc1cc(/C=C/C=O)c(C=O)cc1O. The molecule has 4 nitrogen and oxygen atoms in total. The maximum Gasteiger partial charge on any atom is 0.161 e. The summed E-state index contributed by atoms with van der Waals surface area (Å²) in [6.07, 6.45) is 3.94. The molecule has 4 heteroatoms. The summed E-state index contributed by atoms with van der Waals surface area (Å²) in [5.74, 6) is 0.147. The molecule has 0 spiro atoms. The van der Waals surface area contributed by atoms with Gasteiger partial charge in [-0.25, -0.2) is 0 Å². The van der Waals surface area contributed by atoms with Gasteiger partial charge < -0.3 is 9.84 Å². The molecule has 1 rings (SSSR count). The number of rotatable bonds is 4. The molecule has 1 aromatic rings. The van der Waals surface area contributed by atoms with Crippen molar-refractivity contribution in [2.75, 3.05) is 7.11 Å². The number of aldehydes is 2. The Hall–Kier alpha value is -2.10. The number of ether oxygens (including phenoxy) is 1. The Morgan fingerprint density at radius 2 is 2.00 bits per heavy atom. The summed E-state index contributed by atoms with van der Waals surface area (Å²) in [7, 11) is 1.41. The van der Waals surface area contributed by atoms with Gasteiger partial charge >= 0.3 is 0 Å². The first-order valence-corrected chi connectivity index (χ1v) is 4.21. The number of allylic oxidation sites excluding steroid dienone is 1. The summed E-state index contributed by atoms with van der Waals surface area (Å²) in [4.78, 5) is 20.8. The zero-order valence-corrected chi connectivity index (χ0v) is 8.14. The quantitative estimate of drug-likeness (QED) is 0.597. The summed E-state index contributed by atoms with van der Waals surface area (Å²) in [6, 6.07) is 2.77. The second-order valence-corrected chi connectivity index (χ2v) is 2.77. The number of phenolic OH excluding ortho intramolecular Hbond substituents is 1. The van der Waals surface area contributed by atoms with E-state index in [0.717, 1.165) is 0 Å². The number of phenols is 1. The van der Waals surface area contributed by atoms with Crippen LogP contribution in [0.1, 0.15) is 15.9 Å². The molecule has 1 N–H and O–H groups in total. The molecule has 0 radical (unpaired) electrons. The number of aromatic hydroxyl groups is 1. The maximum absolute atomic E-state index is 10.7. The smallest absolute Gasteiger partial charge is 0.161 e. The van der Waals surface area contributed by atoms with Crippen molar-refractivity contribution in [3.05, 3.63) is 29.3 Å². The molecule has 0 heterocycles. The molecule has 1 aromatic carbocycles. The van der Waals surface area contributed by atoms with Crippen LogP contribution >= 0.6 is 0 Å². The fourth-order valence-electron chi connectivity index (χ4n) is 1.15. The van der Waals surface area contributed by atoms with E-state index < -0.39 is 0 Å². The molecule has 0 aliphatic heterocycles. The number of methoxy groups -OCH3 is 1. The second kappa shape index (κ2) is 4.95. The highest BCUT2D eigenvalue weighted by atomic mass is 16.5. The van der Waals surface area contributed by atoms with Gasteiger partial charge in [0.1, 0.15) is 6.29 Å². The van der Waals surface area contributed by atoms with Crippen molar-refractivity contribution < 1.29 is 19.4 Å². The minimum absolute atomic E-state index is 0.108. The monoisotopic (exact) mass is 206 g/mol. The molecule has 0 saturated carbocycles. The van der Waals surface area contributed by atoms with E-state index >= 15 is 0 Å². The Labute approximate surface area is 86.8 Å². The topological polar surface area (TPSA) is 63.6 Å². The van der Waals surface area contributed by atoms with Gasteiger partial charge in [-0.1, -0.05) is 6.08 Å².